The number of nitrogens with one attached hydrogen (secondary N) is 1. The number of aromatic nitrogens is 2. The van der Waals surface area contributed by atoms with Gasteiger partial charge in [-0.3, -0.25) is 14.3 Å². The molecule has 4 aromatic rings. The number of hydrogen-bond donors (Lipinski definition) is 2. The number of thiophene rings is 1. The molecule has 9 heteroatoms. The highest BCUT2D eigenvalue weighted by Crippen LogP contribution is 2.34. The molecular weight excluding hydrogens is 493 g/mol. The normalized spacial score (nSPS) is 11.9. The van der Waals surface area contributed by atoms with Gasteiger partial charge in [0.25, 0.3) is 5.91 Å². The Hall–Kier alpha value is -3.13. The van der Waals surface area contributed by atoms with Gasteiger partial charge < -0.3 is 10.4 Å². The van der Waals surface area contributed by atoms with E-state index in [2.05, 4.69) is 5.32 Å². The van der Waals surface area contributed by atoms with Crippen molar-refractivity contribution in [2.24, 2.45) is 0 Å². The molecule has 0 saturated heterocycles. The van der Waals surface area contributed by atoms with E-state index in [1.54, 1.807) is 12.1 Å². The lowest BCUT2D eigenvalue weighted by molar-refractivity contribution is -0.136. The van der Waals surface area contributed by atoms with Gasteiger partial charge in [-0.25, -0.2) is 0 Å². The van der Waals surface area contributed by atoms with Gasteiger partial charge in [0, 0.05) is 27.0 Å². The molecule has 0 bridgehead atoms. The van der Waals surface area contributed by atoms with E-state index in [0.717, 1.165) is 27.4 Å². The van der Waals surface area contributed by atoms with Gasteiger partial charge in [-0.1, -0.05) is 53.5 Å². The molecule has 0 saturated carbocycles. The summed E-state index contributed by atoms with van der Waals surface area (Å²) in [6, 6.07) is 20.7. The van der Waals surface area contributed by atoms with E-state index in [9.17, 15) is 9.59 Å². The molecule has 1 unspecified atom stereocenters. The Labute approximate surface area is 210 Å². The quantitative estimate of drug-likeness (QED) is 0.285. The van der Waals surface area contributed by atoms with Crippen molar-refractivity contribution in [3.8, 4) is 22.5 Å². The van der Waals surface area contributed by atoms with Crippen LogP contribution in [-0.4, -0.2) is 33.3 Å². The number of rotatable bonds is 8. The van der Waals surface area contributed by atoms with Crippen molar-refractivity contribution in [3.05, 3.63) is 86.5 Å². The maximum atomic E-state index is 12.4. The minimum atomic E-state index is -0.954. The smallest absolute Gasteiger partial charge is 0.305 e. The molecule has 2 aromatic carbocycles. The Morgan fingerprint density at radius 3 is 2.41 bits per heavy atom. The Morgan fingerprint density at radius 1 is 1.03 bits per heavy atom. The molecule has 0 aliphatic carbocycles. The number of aliphatic carboxylic acids is 1. The van der Waals surface area contributed by atoms with Gasteiger partial charge in [0.15, 0.2) is 0 Å². The number of carbonyl (C=O) groups is 2. The van der Waals surface area contributed by atoms with Crippen LogP contribution in [0.1, 0.15) is 33.9 Å². The molecule has 6 nitrogen and oxygen atoms in total. The van der Waals surface area contributed by atoms with Crippen molar-refractivity contribution in [2.75, 3.05) is 6.54 Å². The molecule has 0 radical (unpaired) electrons. The number of carbonyl (C=O) groups excluding carboxylic acids is 1. The van der Waals surface area contributed by atoms with Crippen LogP contribution < -0.4 is 5.32 Å². The van der Waals surface area contributed by atoms with Crippen LogP contribution in [0.5, 0.6) is 0 Å². The number of nitrogens with zero attached hydrogens (tertiary/aromatic N) is 2. The molecule has 34 heavy (non-hydrogen) atoms. The summed E-state index contributed by atoms with van der Waals surface area (Å²) in [5.74, 6) is -1.24. The van der Waals surface area contributed by atoms with Crippen molar-refractivity contribution in [2.45, 2.75) is 19.4 Å². The van der Waals surface area contributed by atoms with Crippen LogP contribution in [0.3, 0.4) is 0 Å². The first-order valence-electron chi connectivity index (χ1n) is 10.5. The number of hydrogen-bond acceptors (Lipinski definition) is 4. The van der Waals surface area contributed by atoms with E-state index in [1.807, 2.05) is 66.2 Å². The van der Waals surface area contributed by atoms with Crippen LogP contribution in [0.25, 0.3) is 22.5 Å². The molecule has 2 aromatic heterocycles. The highest BCUT2D eigenvalue weighted by molar-refractivity contribution is 7.14. The Kier molecular flexibility index (Phi) is 7.36. The molecule has 0 aliphatic heterocycles. The number of carboxylic acids is 1. The van der Waals surface area contributed by atoms with Crippen LogP contribution >= 0.6 is 34.5 Å². The maximum Gasteiger partial charge on any atom is 0.305 e. The largest absolute Gasteiger partial charge is 0.481 e. The lowest BCUT2D eigenvalue weighted by atomic mass is 10.1. The first kappa shape index (κ1) is 24.0. The number of carboxylic acid groups (broad SMARTS) is 1. The Bertz CT molecular complexity index is 1310. The van der Waals surface area contributed by atoms with Crippen molar-refractivity contribution in [1.29, 1.82) is 0 Å². The fourth-order valence-electron chi connectivity index (χ4n) is 3.55. The van der Waals surface area contributed by atoms with E-state index in [-0.39, 0.29) is 24.9 Å². The lowest BCUT2D eigenvalue weighted by Crippen LogP contribution is -2.25. The first-order valence-corrected chi connectivity index (χ1v) is 12.1. The standard InChI is InChI=1S/C25H21Cl2N3O3S/c1-15(22-7-8-23(34-22)25(33)28-10-9-24(31)32)30-21(16-5-3-2-4-6-16)14-20(29-30)17-11-18(26)13-19(27)12-17/h2-8,11-15H,9-10H2,1H3,(H,28,33)(H,31,32). The Balaban J connectivity index is 1.68. The maximum absolute atomic E-state index is 12.4. The zero-order valence-electron chi connectivity index (χ0n) is 18.2. The second kappa shape index (κ2) is 10.4. The van der Waals surface area contributed by atoms with Crippen molar-refractivity contribution in [1.82, 2.24) is 15.1 Å². The molecule has 0 aliphatic rings. The summed E-state index contributed by atoms with van der Waals surface area (Å²) in [6.07, 6.45) is -0.121. The summed E-state index contributed by atoms with van der Waals surface area (Å²) in [5.41, 5.74) is 3.47. The van der Waals surface area contributed by atoms with E-state index >= 15 is 0 Å². The SMILES string of the molecule is CC(c1ccc(C(=O)NCCC(=O)O)s1)n1nc(-c2cc(Cl)cc(Cl)c2)cc1-c1ccccc1. The lowest BCUT2D eigenvalue weighted by Gasteiger charge is -2.14. The van der Waals surface area contributed by atoms with Crippen LogP contribution in [0.2, 0.25) is 10.0 Å². The first-order chi connectivity index (χ1) is 16.3. The van der Waals surface area contributed by atoms with E-state index in [1.165, 1.54) is 11.3 Å². The molecule has 0 fully saturated rings. The van der Waals surface area contributed by atoms with Gasteiger partial charge in [-0.15, -0.1) is 11.3 Å². The summed E-state index contributed by atoms with van der Waals surface area (Å²) < 4.78 is 1.93. The molecule has 2 heterocycles. The van der Waals surface area contributed by atoms with Gasteiger partial charge in [0.05, 0.1) is 28.7 Å². The van der Waals surface area contributed by atoms with Crippen LogP contribution in [0.15, 0.2) is 66.7 Å². The van der Waals surface area contributed by atoms with Gasteiger partial charge in [-0.05, 0) is 48.9 Å². The minimum Gasteiger partial charge on any atom is -0.481 e. The van der Waals surface area contributed by atoms with Gasteiger partial charge >= 0.3 is 5.97 Å². The van der Waals surface area contributed by atoms with Crippen LogP contribution in [0, 0.1) is 0 Å². The van der Waals surface area contributed by atoms with Crippen molar-refractivity contribution in [3.63, 3.8) is 0 Å². The second-order valence-corrected chi connectivity index (χ2v) is 9.65. The zero-order chi connectivity index (χ0) is 24.2. The average molecular weight is 514 g/mol. The highest BCUT2D eigenvalue weighted by Gasteiger charge is 2.20. The number of amides is 1. The third kappa shape index (κ3) is 5.50. The summed E-state index contributed by atoms with van der Waals surface area (Å²) in [5, 5.41) is 17.3. The van der Waals surface area contributed by atoms with Crippen LogP contribution in [-0.2, 0) is 4.79 Å². The fraction of sp³-hybridized carbons (Fsp3) is 0.160. The van der Waals surface area contributed by atoms with E-state index < -0.39 is 5.97 Å². The molecule has 4 rings (SSSR count). The fourth-order valence-corrected chi connectivity index (χ4v) is 5.03. The highest BCUT2D eigenvalue weighted by atomic mass is 35.5. The summed E-state index contributed by atoms with van der Waals surface area (Å²) in [7, 11) is 0. The minimum absolute atomic E-state index is 0.0832. The number of halogens is 2. The summed E-state index contributed by atoms with van der Waals surface area (Å²) in [6.45, 7) is 2.10. The molecule has 1 amide bonds. The monoisotopic (exact) mass is 513 g/mol. The van der Waals surface area contributed by atoms with E-state index in [4.69, 9.17) is 33.4 Å². The van der Waals surface area contributed by atoms with Gasteiger partial charge in [0.1, 0.15) is 0 Å². The van der Waals surface area contributed by atoms with Crippen molar-refractivity contribution < 1.29 is 14.7 Å². The predicted molar refractivity (Wildman–Crippen MR) is 136 cm³/mol. The second-order valence-electron chi connectivity index (χ2n) is 7.66. The summed E-state index contributed by atoms with van der Waals surface area (Å²) >= 11 is 13.8. The Morgan fingerprint density at radius 2 is 1.74 bits per heavy atom. The van der Waals surface area contributed by atoms with Crippen LogP contribution in [0.4, 0.5) is 0 Å². The summed E-state index contributed by atoms with van der Waals surface area (Å²) in [4.78, 5) is 24.5. The molecular formula is C25H21Cl2N3O3S. The molecule has 1 atom stereocenters. The topological polar surface area (TPSA) is 84.2 Å². The number of benzene rings is 2. The van der Waals surface area contributed by atoms with Crippen molar-refractivity contribution >= 4 is 46.4 Å². The average Bonchev–Trinajstić information content (AvgIpc) is 3.46. The van der Waals surface area contributed by atoms with Gasteiger partial charge in [-0.2, -0.15) is 5.10 Å². The molecule has 174 valence electrons. The predicted octanol–water partition coefficient (Wildman–Crippen LogP) is 6.40. The third-order valence-electron chi connectivity index (χ3n) is 5.22. The molecule has 0 spiro atoms. The third-order valence-corrected chi connectivity index (χ3v) is 6.91. The van der Waals surface area contributed by atoms with E-state index in [0.29, 0.717) is 14.9 Å². The van der Waals surface area contributed by atoms with Gasteiger partial charge in [0.2, 0.25) is 0 Å². The zero-order valence-corrected chi connectivity index (χ0v) is 20.5. The molecule has 2 N–H and O–H groups in total.